The predicted octanol–water partition coefficient (Wildman–Crippen LogP) is 4.81. The first-order chi connectivity index (χ1) is 14.0. The number of anilines is 1. The van der Waals surface area contributed by atoms with Crippen molar-refractivity contribution >= 4 is 11.6 Å². The number of pyridine rings is 1. The summed E-state index contributed by atoms with van der Waals surface area (Å²) in [6, 6.07) is 16.5. The highest BCUT2D eigenvalue weighted by atomic mass is 19.1. The van der Waals surface area contributed by atoms with E-state index in [1.54, 1.807) is 30.3 Å². The minimum Gasteiger partial charge on any atom is -0.332 e. The van der Waals surface area contributed by atoms with Crippen molar-refractivity contribution in [2.45, 2.75) is 13.8 Å². The molecule has 0 spiro atoms. The largest absolute Gasteiger partial charge is 0.332 e. The van der Waals surface area contributed by atoms with E-state index < -0.39 is 11.7 Å². The van der Waals surface area contributed by atoms with Crippen molar-refractivity contribution in [2.24, 2.45) is 0 Å². The summed E-state index contributed by atoms with van der Waals surface area (Å²) in [4.78, 5) is 21.2. The molecule has 144 valence electrons. The first-order valence-electron chi connectivity index (χ1n) is 8.96. The van der Waals surface area contributed by atoms with Crippen molar-refractivity contribution in [2.75, 3.05) is 5.32 Å². The second-order valence-corrected chi connectivity index (χ2v) is 6.54. The molecule has 0 saturated carbocycles. The lowest BCUT2D eigenvalue weighted by Gasteiger charge is -2.07. The predicted molar refractivity (Wildman–Crippen MR) is 107 cm³/mol. The molecule has 7 heteroatoms. The lowest BCUT2D eigenvalue weighted by Crippen LogP contribution is -2.13. The van der Waals surface area contributed by atoms with E-state index in [0.717, 1.165) is 11.3 Å². The Morgan fingerprint density at radius 1 is 1.00 bits per heavy atom. The fourth-order valence-corrected chi connectivity index (χ4v) is 2.77. The molecule has 2 aromatic carbocycles. The highest BCUT2D eigenvalue weighted by Crippen LogP contribution is 2.24. The van der Waals surface area contributed by atoms with E-state index in [9.17, 15) is 9.18 Å². The number of hydrogen-bond donors (Lipinski definition) is 1. The van der Waals surface area contributed by atoms with Crippen LogP contribution < -0.4 is 5.32 Å². The molecule has 0 fully saturated rings. The Labute approximate surface area is 166 Å². The Hall–Kier alpha value is -3.87. The maximum absolute atomic E-state index is 13.8. The van der Waals surface area contributed by atoms with Crippen molar-refractivity contribution in [3.8, 4) is 23.0 Å². The van der Waals surface area contributed by atoms with Gasteiger partial charge in [-0.1, -0.05) is 35.5 Å². The molecule has 0 aliphatic carbocycles. The van der Waals surface area contributed by atoms with Crippen LogP contribution in [-0.2, 0) is 0 Å². The van der Waals surface area contributed by atoms with E-state index in [1.165, 1.54) is 18.2 Å². The van der Waals surface area contributed by atoms with E-state index in [1.807, 2.05) is 26.0 Å². The highest BCUT2D eigenvalue weighted by molar-refractivity contribution is 6.04. The van der Waals surface area contributed by atoms with Crippen LogP contribution in [0.2, 0.25) is 0 Å². The quantitative estimate of drug-likeness (QED) is 0.543. The molecule has 2 heterocycles. The second kappa shape index (κ2) is 7.63. The summed E-state index contributed by atoms with van der Waals surface area (Å²) in [6.45, 7) is 3.89. The van der Waals surface area contributed by atoms with Gasteiger partial charge in [-0.2, -0.15) is 4.98 Å². The number of hydrogen-bond acceptors (Lipinski definition) is 5. The Kier molecular flexibility index (Phi) is 4.87. The number of halogens is 1. The summed E-state index contributed by atoms with van der Waals surface area (Å²) in [5.74, 6) is -0.441. The average Bonchev–Trinajstić information content (AvgIpc) is 3.21. The molecule has 29 heavy (non-hydrogen) atoms. The fourth-order valence-electron chi connectivity index (χ4n) is 2.77. The third-order valence-electron chi connectivity index (χ3n) is 4.49. The third kappa shape index (κ3) is 3.89. The number of carbonyl (C=O) groups is 1. The standard InChI is InChI=1S/C22H17FN4O2/c1-13-10-11-19(24-14(13)2)22-26-20(27-29-22)15-6-5-7-16(12-15)25-21(28)17-8-3-4-9-18(17)23/h3-12H,1-2H3,(H,25,28). The highest BCUT2D eigenvalue weighted by Gasteiger charge is 2.14. The number of nitrogens with one attached hydrogen (secondary N) is 1. The molecular weight excluding hydrogens is 371 g/mol. The van der Waals surface area contributed by atoms with Crippen molar-refractivity contribution in [3.63, 3.8) is 0 Å². The minimum absolute atomic E-state index is 0.0273. The molecular formula is C22H17FN4O2. The van der Waals surface area contributed by atoms with Crippen LogP contribution in [0.5, 0.6) is 0 Å². The van der Waals surface area contributed by atoms with E-state index >= 15 is 0 Å². The van der Waals surface area contributed by atoms with Crippen molar-refractivity contribution < 1.29 is 13.7 Å². The lowest BCUT2D eigenvalue weighted by molar-refractivity contribution is 0.102. The molecule has 0 atom stereocenters. The number of nitrogens with zero attached hydrogens (tertiary/aromatic N) is 3. The number of benzene rings is 2. The van der Waals surface area contributed by atoms with Crippen LogP contribution in [0.4, 0.5) is 10.1 Å². The molecule has 0 aliphatic heterocycles. The molecule has 4 aromatic rings. The number of rotatable bonds is 4. The maximum Gasteiger partial charge on any atom is 0.276 e. The molecule has 6 nitrogen and oxygen atoms in total. The van der Waals surface area contributed by atoms with E-state index in [2.05, 4.69) is 20.4 Å². The topological polar surface area (TPSA) is 80.9 Å². The molecule has 0 saturated heterocycles. The van der Waals surface area contributed by atoms with E-state index in [-0.39, 0.29) is 5.56 Å². The molecule has 0 bridgehead atoms. The minimum atomic E-state index is -0.579. The van der Waals surface area contributed by atoms with E-state index in [4.69, 9.17) is 4.52 Å². The summed E-state index contributed by atoms with van der Waals surface area (Å²) in [6.07, 6.45) is 0. The Bertz CT molecular complexity index is 1200. The van der Waals surface area contributed by atoms with Crippen molar-refractivity contribution in [1.82, 2.24) is 15.1 Å². The van der Waals surface area contributed by atoms with Gasteiger partial charge in [0.15, 0.2) is 0 Å². The zero-order valence-corrected chi connectivity index (χ0v) is 15.8. The zero-order chi connectivity index (χ0) is 20.4. The molecule has 4 rings (SSSR count). The summed E-state index contributed by atoms with van der Waals surface area (Å²) in [7, 11) is 0. The van der Waals surface area contributed by atoms with Gasteiger partial charge in [0.25, 0.3) is 11.8 Å². The van der Waals surface area contributed by atoms with Crippen LogP contribution in [0.1, 0.15) is 21.6 Å². The third-order valence-corrected chi connectivity index (χ3v) is 4.49. The molecule has 1 amide bonds. The Morgan fingerprint density at radius 2 is 1.83 bits per heavy atom. The molecule has 0 radical (unpaired) electrons. The van der Waals surface area contributed by atoms with Crippen LogP contribution in [0.3, 0.4) is 0 Å². The number of aryl methyl sites for hydroxylation is 2. The number of amides is 1. The smallest absolute Gasteiger partial charge is 0.276 e. The summed E-state index contributed by atoms with van der Waals surface area (Å²) >= 11 is 0. The van der Waals surface area contributed by atoms with E-state index in [0.29, 0.717) is 28.7 Å². The number of carbonyl (C=O) groups excluding carboxylic acids is 1. The summed E-state index contributed by atoms with van der Waals surface area (Å²) in [5, 5.41) is 6.69. The van der Waals surface area contributed by atoms with Gasteiger partial charge in [0.1, 0.15) is 11.5 Å². The number of aromatic nitrogens is 3. The van der Waals surface area contributed by atoms with Gasteiger partial charge in [0.2, 0.25) is 5.82 Å². The normalized spacial score (nSPS) is 10.7. The van der Waals surface area contributed by atoms with Gasteiger partial charge >= 0.3 is 0 Å². The zero-order valence-electron chi connectivity index (χ0n) is 15.8. The van der Waals surface area contributed by atoms with Gasteiger partial charge in [-0.05, 0) is 49.7 Å². The molecule has 0 unspecified atom stereocenters. The van der Waals surface area contributed by atoms with Gasteiger partial charge in [0, 0.05) is 16.9 Å². The van der Waals surface area contributed by atoms with Crippen LogP contribution in [0.25, 0.3) is 23.0 Å². The van der Waals surface area contributed by atoms with Gasteiger partial charge in [-0.25, -0.2) is 9.37 Å². The van der Waals surface area contributed by atoms with Crippen LogP contribution in [-0.4, -0.2) is 21.0 Å². The van der Waals surface area contributed by atoms with Gasteiger partial charge in [0.05, 0.1) is 5.56 Å². The van der Waals surface area contributed by atoms with Crippen LogP contribution in [0.15, 0.2) is 65.2 Å². The van der Waals surface area contributed by atoms with Gasteiger partial charge in [-0.15, -0.1) is 0 Å². The SMILES string of the molecule is Cc1ccc(-c2nc(-c3cccc(NC(=O)c4ccccc4F)c3)no2)nc1C. The molecule has 2 aromatic heterocycles. The monoisotopic (exact) mass is 388 g/mol. The van der Waals surface area contributed by atoms with Crippen LogP contribution >= 0.6 is 0 Å². The van der Waals surface area contributed by atoms with Crippen LogP contribution in [0, 0.1) is 19.7 Å². The first-order valence-corrected chi connectivity index (χ1v) is 8.96. The van der Waals surface area contributed by atoms with Crippen molar-refractivity contribution in [1.29, 1.82) is 0 Å². The second-order valence-electron chi connectivity index (χ2n) is 6.54. The first kappa shape index (κ1) is 18.5. The Balaban J connectivity index is 1.58. The van der Waals surface area contributed by atoms with Gasteiger partial charge in [-0.3, -0.25) is 4.79 Å². The summed E-state index contributed by atoms with van der Waals surface area (Å²) in [5.41, 5.74) is 3.67. The molecule has 0 aliphatic rings. The average molecular weight is 388 g/mol. The van der Waals surface area contributed by atoms with Crippen molar-refractivity contribution in [3.05, 3.63) is 83.3 Å². The molecule has 1 N–H and O–H groups in total. The maximum atomic E-state index is 13.8. The lowest BCUT2D eigenvalue weighted by atomic mass is 10.1. The summed E-state index contributed by atoms with van der Waals surface area (Å²) < 4.78 is 19.2. The van der Waals surface area contributed by atoms with Gasteiger partial charge < -0.3 is 9.84 Å². The fraction of sp³-hybridized carbons (Fsp3) is 0.0909. The Morgan fingerprint density at radius 3 is 2.62 bits per heavy atom.